The van der Waals surface area contributed by atoms with Gasteiger partial charge < -0.3 is 19.5 Å². The summed E-state index contributed by atoms with van der Waals surface area (Å²) in [5.74, 6) is -1.50. The van der Waals surface area contributed by atoms with Gasteiger partial charge in [0.15, 0.2) is 5.69 Å². The lowest BCUT2D eigenvalue weighted by Gasteiger charge is -2.43. The maximum absolute atomic E-state index is 13.7. The molecular formula is C25H25ClN4O4. The molecule has 0 radical (unpaired) electrons. The summed E-state index contributed by atoms with van der Waals surface area (Å²) in [6.45, 7) is 4.31. The van der Waals surface area contributed by atoms with E-state index in [0.29, 0.717) is 11.6 Å². The molecule has 0 fully saturated rings. The molecule has 176 valence electrons. The molecule has 1 N–H and O–H groups in total. The lowest BCUT2D eigenvalue weighted by Crippen LogP contribution is -2.63. The molecule has 34 heavy (non-hydrogen) atoms. The van der Waals surface area contributed by atoms with Crippen molar-refractivity contribution in [3.05, 3.63) is 88.0 Å². The molecule has 0 aliphatic carbocycles. The Labute approximate surface area is 202 Å². The number of methoxy groups -OCH3 is 1. The van der Waals surface area contributed by atoms with Crippen LogP contribution in [-0.4, -0.2) is 44.9 Å². The number of halogens is 1. The number of imidazole rings is 1. The average molecular weight is 481 g/mol. The van der Waals surface area contributed by atoms with Crippen molar-refractivity contribution in [3.63, 3.8) is 0 Å². The molecule has 0 saturated carbocycles. The summed E-state index contributed by atoms with van der Waals surface area (Å²) in [5.41, 5.74) is 1.67. The number of aryl methyl sites for hydroxylation is 1. The molecule has 1 aromatic heterocycles. The number of aromatic nitrogens is 2. The minimum Gasteiger partial charge on any atom is -0.464 e. The van der Waals surface area contributed by atoms with Crippen LogP contribution in [0.2, 0.25) is 5.02 Å². The third kappa shape index (κ3) is 4.41. The molecule has 1 aliphatic rings. The van der Waals surface area contributed by atoms with Crippen molar-refractivity contribution in [2.75, 3.05) is 7.11 Å². The largest absolute Gasteiger partial charge is 0.464 e. The number of nitrogens with zero attached hydrogens (tertiary/aromatic N) is 3. The zero-order valence-corrected chi connectivity index (χ0v) is 19.9. The molecule has 8 nitrogen and oxygen atoms in total. The van der Waals surface area contributed by atoms with E-state index in [1.807, 2.05) is 31.2 Å². The standard InChI is InChI=1S/C25H25ClN4O4/c1-16-4-6-17(7-5-16)12-27-24(33)25(2)14-29-15-28-20(23(32)34-3)21(29)22(31)30(25)13-18-8-10-19(26)11-9-18/h4-11,15H,12-14H2,1-3H3,(H,27,33)/t25-/m1/s1. The molecule has 2 aromatic carbocycles. The number of hydrogen-bond donors (Lipinski definition) is 1. The van der Waals surface area contributed by atoms with Crippen LogP contribution < -0.4 is 5.32 Å². The number of amides is 2. The van der Waals surface area contributed by atoms with E-state index in [0.717, 1.165) is 16.7 Å². The Morgan fingerprint density at radius 3 is 2.41 bits per heavy atom. The van der Waals surface area contributed by atoms with Gasteiger partial charge in [-0.2, -0.15) is 0 Å². The molecule has 0 saturated heterocycles. The van der Waals surface area contributed by atoms with Crippen LogP contribution in [0.15, 0.2) is 54.9 Å². The van der Waals surface area contributed by atoms with Crippen LogP contribution in [0.4, 0.5) is 0 Å². The predicted molar refractivity (Wildman–Crippen MR) is 126 cm³/mol. The fourth-order valence-electron chi connectivity index (χ4n) is 4.03. The number of carbonyl (C=O) groups excluding carboxylic acids is 3. The lowest BCUT2D eigenvalue weighted by molar-refractivity contribution is -0.133. The van der Waals surface area contributed by atoms with Crippen molar-refractivity contribution >= 4 is 29.4 Å². The van der Waals surface area contributed by atoms with Crippen molar-refractivity contribution in [1.29, 1.82) is 0 Å². The number of benzene rings is 2. The normalized spacial score (nSPS) is 17.3. The second-order valence-electron chi connectivity index (χ2n) is 8.52. The zero-order valence-electron chi connectivity index (χ0n) is 19.2. The molecule has 1 aliphatic heterocycles. The topological polar surface area (TPSA) is 93.5 Å². The van der Waals surface area contributed by atoms with Gasteiger partial charge in [0.25, 0.3) is 5.91 Å². The molecular weight excluding hydrogens is 456 g/mol. The molecule has 2 heterocycles. The summed E-state index contributed by atoms with van der Waals surface area (Å²) < 4.78 is 6.33. The Morgan fingerprint density at radius 2 is 1.76 bits per heavy atom. The fourth-order valence-corrected chi connectivity index (χ4v) is 4.16. The second-order valence-corrected chi connectivity index (χ2v) is 8.96. The summed E-state index contributed by atoms with van der Waals surface area (Å²) in [6.07, 6.45) is 1.39. The van der Waals surface area contributed by atoms with Crippen LogP contribution in [0.5, 0.6) is 0 Å². The van der Waals surface area contributed by atoms with Crippen LogP contribution in [0.1, 0.15) is 44.6 Å². The average Bonchev–Trinajstić information content (AvgIpc) is 3.25. The van der Waals surface area contributed by atoms with Crippen molar-refractivity contribution in [1.82, 2.24) is 19.8 Å². The quantitative estimate of drug-likeness (QED) is 0.546. The highest BCUT2D eigenvalue weighted by Gasteiger charge is 2.48. The Bertz CT molecular complexity index is 1240. The molecule has 2 amide bonds. The number of fused-ring (bicyclic) bond motifs is 1. The first-order valence-electron chi connectivity index (χ1n) is 10.8. The van der Waals surface area contributed by atoms with Gasteiger partial charge in [0, 0.05) is 18.1 Å². The van der Waals surface area contributed by atoms with Gasteiger partial charge in [-0.25, -0.2) is 9.78 Å². The van der Waals surface area contributed by atoms with Gasteiger partial charge in [-0.1, -0.05) is 53.6 Å². The highest BCUT2D eigenvalue weighted by molar-refractivity contribution is 6.30. The first kappa shape index (κ1) is 23.5. The lowest BCUT2D eigenvalue weighted by atomic mass is 9.93. The summed E-state index contributed by atoms with van der Waals surface area (Å²) in [6, 6.07) is 14.9. The van der Waals surface area contributed by atoms with Crippen molar-refractivity contribution in [2.45, 2.75) is 39.0 Å². The van der Waals surface area contributed by atoms with Crippen molar-refractivity contribution in [2.24, 2.45) is 0 Å². The fraction of sp³-hybridized carbons (Fsp3) is 0.280. The van der Waals surface area contributed by atoms with Gasteiger partial charge in [0.2, 0.25) is 5.91 Å². The van der Waals surface area contributed by atoms with E-state index in [9.17, 15) is 14.4 Å². The monoisotopic (exact) mass is 480 g/mol. The Balaban J connectivity index is 1.68. The van der Waals surface area contributed by atoms with Gasteiger partial charge in [-0.3, -0.25) is 9.59 Å². The Kier molecular flexibility index (Phi) is 6.43. The minimum absolute atomic E-state index is 0.0734. The molecule has 0 spiro atoms. The molecule has 0 bridgehead atoms. The van der Waals surface area contributed by atoms with E-state index in [-0.39, 0.29) is 30.4 Å². The Morgan fingerprint density at radius 1 is 1.12 bits per heavy atom. The molecule has 3 aromatic rings. The number of rotatable bonds is 6. The number of carbonyl (C=O) groups is 3. The van der Waals surface area contributed by atoms with Gasteiger partial charge in [0.05, 0.1) is 20.0 Å². The maximum atomic E-state index is 13.7. The van der Waals surface area contributed by atoms with Crippen LogP contribution in [0.3, 0.4) is 0 Å². The first-order chi connectivity index (χ1) is 16.2. The smallest absolute Gasteiger partial charge is 0.359 e. The van der Waals surface area contributed by atoms with E-state index in [1.165, 1.54) is 18.3 Å². The third-order valence-electron chi connectivity index (χ3n) is 6.05. The zero-order chi connectivity index (χ0) is 24.5. The van der Waals surface area contributed by atoms with Gasteiger partial charge >= 0.3 is 5.97 Å². The second kappa shape index (κ2) is 9.30. The number of ether oxygens (including phenoxy) is 1. The summed E-state index contributed by atoms with van der Waals surface area (Å²) >= 11 is 6.02. The Hall–Kier alpha value is -3.65. The summed E-state index contributed by atoms with van der Waals surface area (Å²) in [7, 11) is 1.23. The van der Waals surface area contributed by atoms with Crippen LogP contribution in [-0.2, 0) is 29.2 Å². The van der Waals surface area contributed by atoms with Crippen LogP contribution in [0, 0.1) is 6.92 Å². The molecule has 4 rings (SSSR count). The van der Waals surface area contributed by atoms with Gasteiger partial charge in [0.1, 0.15) is 11.2 Å². The minimum atomic E-state index is -1.23. The number of hydrogen-bond acceptors (Lipinski definition) is 5. The summed E-state index contributed by atoms with van der Waals surface area (Å²) in [5, 5.41) is 3.53. The predicted octanol–water partition coefficient (Wildman–Crippen LogP) is 3.36. The maximum Gasteiger partial charge on any atom is 0.359 e. The van der Waals surface area contributed by atoms with Crippen molar-refractivity contribution in [3.8, 4) is 0 Å². The summed E-state index contributed by atoms with van der Waals surface area (Å²) in [4.78, 5) is 45.0. The molecule has 1 atom stereocenters. The van der Waals surface area contributed by atoms with Crippen molar-refractivity contribution < 1.29 is 19.1 Å². The van der Waals surface area contributed by atoms with E-state index < -0.39 is 17.4 Å². The van der Waals surface area contributed by atoms with E-state index in [2.05, 4.69) is 10.3 Å². The number of nitrogens with one attached hydrogen (secondary N) is 1. The van der Waals surface area contributed by atoms with E-state index in [4.69, 9.17) is 16.3 Å². The third-order valence-corrected chi connectivity index (χ3v) is 6.31. The SMILES string of the molecule is COC(=O)c1ncn2c1C(=O)N(Cc1ccc(Cl)cc1)[C@@](C)(C(=O)NCc1ccc(C)cc1)C2. The molecule has 0 unspecified atom stereocenters. The van der Waals surface area contributed by atoms with E-state index in [1.54, 1.807) is 35.8 Å². The van der Waals surface area contributed by atoms with Crippen LogP contribution >= 0.6 is 11.6 Å². The van der Waals surface area contributed by atoms with Crippen LogP contribution in [0.25, 0.3) is 0 Å². The van der Waals surface area contributed by atoms with Gasteiger partial charge in [-0.05, 0) is 37.1 Å². The first-order valence-corrected chi connectivity index (χ1v) is 11.1. The highest BCUT2D eigenvalue weighted by atomic mass is 35.5. The van der Waals surface area contributed by atoms with E-state index >= 15 is 0 Å². The highest BCUT2D eigenvalue weighted by Crippen LogP contribution is 2.31. The number of esters is 1. The van der Waals surface area contributed by atoms with Gasteiger partial charge in [-0.15, -0.1) is 0 Å². The molecule has 9 heteroatoms.